The summed E-state index contributed by atoms with van der Waals surface area (Å²) < 4.78 is 94.5. The van der Waals surface area contributed by atoms with Gasteiger partial charge in [0.2, 0.25) is 10.0 Å². The van der Waals surface area contributed by atoms with Crippen LogP contribution >= 0.6 is 0 Å². The number of carbonyl (C=O) groups excluding carboxylic acids is 2. The normalized spacial score (nSPS) is 20.2. The van der Waals surface area contributed by atoms with Crippen molar-refractivity contribution in [3.63, 3.8) is 0 Å². The molecule has 4 heterocycles. The molecule has 4 fully saturated rings. The number of piperidine rings is 3. The molecule has 0 amide bonds. The monoisotopic (exact) mass is 795 g/mol. The number of pyridine rings is 1. The van der Waals surface area contributed by atoms with Gasteiger partial charge in [0.05, 0.1) is 17.1 Å². The minimum absolute atomic E-state index is 0.0248. The molecular formula is C40H40F3N3O9S. The average Bonchev–Trinajstić information content (AvgIpc) is 4.02. The summed E-state index contributed by atoms with van der Waals surface area (Å²) in [7, 11) is -4.60. The number of ether oxygens (including phenoxy) is 4. The number of alkyl halides is 2. The van der Waals surface area contributed by atoms with Crippen molar-refractivity contribution in [1.82, 2.24) is 9.62 Å². The lowest BCUT2D eigenvalue weighted by Crippen LogP contribution is -2.52. The van der Waals surface area contributed by atoms with Gasteiger partial charge in [-0.15, -0.1) is 0 Å². The van der Waals surface area contributed by atoms with Crippen LogP contribution in [0, 0.1) is 22.9 Å². The lowest BCUT2D eigenvalue weighted by molar-refractivity contribution is -0.605. The quantitative estimate of drug-likeness (QED) is 0.0858. The first-order valence-corrected chi connectivity index (χ1v) is 19.8. The molecule has 0 radical (unpaired) electrons. The zero-order valence-electron chi connectivity index (χ0n) is 30.1. The number of rotatable bonds is 16. The van der Waals surface area contributed by atoms with Crippen molar-refractivity contribution in [3.8, 4) is 11.5 Å². The number of aromatic nitrogens is 1. The highest BCUT2D eigenvalue weighted by Gasteiger charge is 2.39. The van der Waals surface area contributed by atoms with Gasteiger partial charge >= 0.3 is 18.6 Å². The molecular weight excluding hydrogens is 756 g/mol. The van der Waals surface area contributed by atoms with Gasteiger partial charge in [-0.25, -0.2) is 22.4 Å². The van der Waals surface area contributed by atoms with Gasteiger partial charge in [0.15, 0.2) is 23.9 Å². The Morgan fingerprint density at radius 2 is 1.68 bits per heavy atom. The van der Waals surface area contributed by atoms with Crippen molar-refractivity contribution in [1.29, 1.82) is 0 Å². The molecule has 3 aromatic carbocycles. The minimum Gasteiger partial charge on any atom is -0.619 e. The van der Waals surface area contributed by atoms with E-state index in [1.54, 1.807) is 0 Å². The Balaban J connectivity index is 1.14. The van der Waals surface area contributed by atoms with Crippen molar-refractivity contribution >= 4 is 22.0 Å². The fraction of sp³-hybridized carbons (Fsp3) is 0.375. The lowest BCUT2D eigenvalue weighted by atomic mass is 9.86. The first kappa shape index (κ1) is 39.1. The molecule has 4 aromatic rings. The molecule has 2 bridgehead atoms. The van der Waals surface area contributed by atoms with E-state index in [9.17, 15) is 32.0 Å². The highest BCUT2D eigenvalue weighted by atomic mass is 32.2. The van der Waals surface area contributed by atoms with E-state index in [2.05, 4.69) is 14.4 Å². The van der Waals surface area contributed by atoms with Crippen LogP contribution in [0.1, 0.15) is 64.9 Å². The predicted octanol–water partition coefficient (Wildman–Crippen LogP) is 5.65. The first-order valence-electron chi connectivity index (χ1n) is 18.3. The maximum Gasteiger partial charge on any atom is 0.387 e. The number of esters is 2. The molecule has 8 rings (SSSR count). The Kier molecular flexibility index (Phi) is 11.8. The summed E-state index contributed by atoms with van der Waals surface area (Å²) in [5.74, 6) is -2.49. The number of fused-ring (bicyclic) bond motifs is 3. The molecule has 3 atom stereocenters. The molecule has 1 aromatic heterocycles. The van der Waals surface area contributed by atoms with E-state index in [4.69, 9.17) is 14.2 Å². The SMILES string of the molecule is O=C(O[C@@H](Cc1cc[n+]([O-])cc1)c1ccc(OC(F)F)c(OCC2CC2)c1)c1cccc(S(=O)(=O)NC(C(=O)O[C@H]2CN3CCC2CC3)c2ccccc2F)c1. The molecule has 1 N–H and O–H groups in total. The standard InChI is InChI=1S/C40H40F3N3O9S/c41-32-7-2-1-6-31(32)37(39(48)54-36-23-45-16-14-27(36)15-17-45)44-56(50,51)30-5-3-4-29(21-30)38(47)53-34(20-25-12-18-46(49)19-13-25)28-10-11-33(55-40(42)43)35(22-28)52-24-26-8-9-26/h1-7,10-13,18-19,21-22,26-27,34,36-37,40,44H,8-9,14-17,20,23-24H2/t34-,36-,37?/m0/s1. The fourth-order valence-electron chi connectivity index (χ4n) is 6.96. The van der Waals surface area contributed by atoms with E-state index in [1.165, 1.54) is 79.1 Å². The van der Waals surface area contributed by atoms with E-state index in [0.29, 0.717) is 22.4 Å². The van der Waals surface area contributed by atoms with E-state index in [1.807, 2.05) is 0 Å². The Bertz CT molecular complexity index is 2150. The van der Waals surface area contributed by atoms with Crippen molar-refractivity contribution in [2.45, 2.75) is 61.9 Å². The second-order valence-electron chi connectivity index (χ2n) is 14.2. The number of nitrogens with zero attached hydrogens (tertiary/aromatic N) is 2. The number of nitrogens with one attached hydrogen (secondary N) is 1. The Labute approximate surface area is 321 Å². The van der Waals surface area contributed by atoms with E-state index < -0.39 is 57.5 Å². The molecule has 16 heteroatoms. The molecule has 56 heavy (non-hydrogen) atoms. The van der Waals surface area contributed by atoms with Gasteiger partial charge in [0.1, 0.15) is 24.1 Å². The summed E-state index contributed by atoms with van der Waals surface area (Å²) >= 11 is 0. The molecule has 1 aliphatic carbocycles. The van der Waals surface area contributed by atoms with Crippen LogP contribution in [0.2, 0.25) is 0 Å². The highest BCUT2D eigenvalue weighted by molar-refractivity contribution is 7.89. The largest absolute Gasteiger partial charge is 0.619 e. The van der Waals surface area contributed by atoms with Crippen molar-refractivity contribution in [2.24, 2.45) is 11.8 Å². The third-order valence-electron chi connectivity index (χ3n) is 10.2. The van der Waals surface area contributed by atoms with Crippen LogP contribution in [0.3, 0.4) is 0 Å². The molecule has 296 valence electrons. The summed E-state index contributed by atoms with van der Waals surface area (Å²) in [6.07, 6.45) is 4.57. The zero-order valence-corrected chi connectivity index (χ0v) is 30.9. The number of sulfonamides is 1. The Morgan fingerprint density at radius 1 is 0.929 bits per heavy atom. The number of carbonyl (C=O) groups is 2. The van der Waals surface area contributed by atoms with E-state index >= 15 is 4.39 Å². The van der Waals surface area contributed by atoms with Gasteiger partial charge in [-0.2, -0.15) is 18.2 Å². The second-order valence-corrected chi connectivity index (χ2v) is 15.9. The third-order valence-corrected chi connectivity index (χ3v) is 11.7. The van der Waals surface area contributed by atoms with Crippen molar-refractivity contribution in [2.75, 3.05) is 26.2 Å². The van der Waals surface area contributed by atoms with Crippen LogP contribution in [-0.4, -0.2) is 64.2 Å². The van der Waals surface area contributed by atoms with Crippen molar-refractivity contribution in [3.05, 3.63) is 125 Å². The summed E-state index contributed by atoms with van der Waals surface area (Å²) in [5, 5.41) is 11.7. The fourth-order valence-corrected chi connectivity index (χ4v) is 8.17. The molecule has 3 aliphatic heterocycles. The molecule has 12 nitrogen and oxygen atoms in total. The third kappa shape index (κ3) is 9.60. The molecule has 1 saturated carbocycles. The maximum atomic E-state index is 15.1. The maximum absolute atomic E-state index is 15.1. The van der Waals surface area contributed by atoms with Crippen molar-refractivity contribution < 1.29 is 54.9 Å². The molecule has 0 spiro atoms. The van der Waals surface area contributed by atoms with Crippen LogP contribution in [0.4, 0.5) is 13.2 Å². The van der Waals surface area contributed by atoms with Crippen LogP contribution in [0.15, 0.2) is 96.2 Å². The Morgan fingerprint density at radius 3 is 2.36 bits per heavy atom. The smallest absolute Gasteiger partial charge is 0.387 e. The topological polar surface area (TPSA) is 147 Å². The van der Waals surface area contributed by atoms with E-state index in [0.717, 1.165) is 50.9 Å². The lowest BCUT2D eigenvalue weighted by Gasteiger charge is -2.44. The highest BCUT2D eigenvalue weighted by Crippen LogP contribution is 2.37. The van der Waals surface area contributed by atoms with Gasteiger partial charge < -0.3 is 24.2 Å². The number of halogens is 3. The Hall–Kier alpha value is -5.19. The van der Waals surface area contributed by atoms with Gasteiger partial charge in [0.25, 0.3) is 0 Å². The summed E-state index contributed by atoms with van der Waals surface area (Å²) in [6, 6.07) is 15.7. The first-order chi connectivity index (χ1) is 26.9. The minimum atomic E-state index is -4.60. The average molecular weight is 796 g/mol. The summed E-state index contributed by atoms with van der Waals surface area (Å²) in [5.41, 5.74) is 0.538. The molecule has 1 unspecified atom stereocenters. The number of hydrogen-bond donors (Lipinski definition) is 1. The number of benzene rings is 3. The van der Waals surface area contributed by atoms with E-state index in [-0.39, 0.29) is 47.5 Å². The predicted molar refractivity (Wildman–Crippen MR) is 194 cm³/mol. The van der Waals surface area contributed by atoms with Gasteiger partial charge in [-0.3, -0.25) is 4.90 Å². The molecule has 4 aliphatic rings. The van der Waals surface area contributed by atoms with Gasteiger partial charge in [-0.1, -0.05) is 30.3 Å². The van der Waals surface area contributed by atoms with Crippen LogP contribution in [0.5, 0.6) is 11.5 Å². The number of hydrogen-bond acceptors (Lipinski definition) is 10. The van der Waals surface area contributed by atoms with Gasteiger partial charge in [0, 0.05) is 30.7 Å². The van der Waals surface area contributed by atoms with Crippen LogP contribution in [-0.2, 0) is 30.7 Å². The van der Waals surface area contributed by atoms with Crippen LogP contribution in [0.25, 0.3) is 0 Å². The summed E-state index contributed by atoms with van der Waals surface area (Å²) in [4.78, 5) is 29.2. The van der Waals surface area contributed by atoms with Gasteiger partial charge in [-0.05, 0) is 98.1 Å². The zero-order chi connectivity index (χ0) is 39.4. The van der Waals surface area contributed by atoms with Crippen LogP contribution < -0.4 is 18.9 Å². The second kappa shape index (κ2) is 16.9. The molecule has 3 saturated heterocycles. The summed E-state index contributed by atoms with van der Waals surface area (Å²) in [6.45, 7) is -0.567.